The smallest absolute Gasteiger partial charge is 0.338 e. The molecule has 29 heavy (non-hydrogen) atoms. The highest BCUT2D eigenvalue weighted by molar-refractivity contribution is 5.91. The van der Waals surface area contributed by atoms with Crippen LogP contribution >= 0.6 is 0 Å². The Bertz CT molecular complexity index is 885. The third-order valence-electron chi connectivity index (χ3n) is 4.78. The molecule has 1 aliphatic heterocycles. The molecule has 6 nitrogen and oxygen atoms in total. The van der Waals surface area contributed by atoms with Gasteiger partial charge in [-0.25, -0.2) is 4.79 Å². The average molecular weight is 393 g/mol. The number of nitrogens with zero attached hydrogens (tertiary/aromatic N) is 3. The van der Waals surface area contributed by atoms with Gasteiger partial charge in [-0.2, -0.15) is 0 Å². The van der Waals surface area contributed by atoms with E-state index in [1.807, 2.05) is 36.2 Å². The van der Waals surface area contributed by atoms with Crippen molar-refractivity contribution < 1.29 is 14.6 Å². The first-order valence-electron chi connectivity index (χ1n) is 9.97. The van der Waals surface area contributed by atoms with Crippen LogP contribution in [0.15, 0.2) is 58.9 Å². The second kappa shape index (κ2) is 9.98. The maximum absolute atomic E-state index is 12.1. The van der Waals surface area contributed by atoms with Crippen LogP contribution in [0.4, 0.5) is 5.69 Å². The van der Waals surface area contributed by atoms with Gasteiger partial charge in [-0.05, 0) is 50.5 Å². The van der Waals surface area contributed by atoms with E-state index in [1.165, 1.54) is 0 Å². The van der Waals surface area contributed by atoms with Gasteiger partial charge in [0.05, 0.1) is 24.0 Å². The number of esters is 1. The minimum atomic E-state index is -0.759. The van der Waals surface area contributed by atoms with E-state index < -0.39 is 6.10 Å². The number of carbonyl (C=O) groups excluding carboxylic acids is 1. The molecule has 152 valence electrons. The minimum Gasteiger partial charge on any atom is -0.462 e. The Hall–Kier alpha value is -2.99. The first-order valence-corrected chi connectivity index (χ1v) is 9.97. The molecular weight excluding hydrogens is 366 g/mol. The molecule has 0 spiro atoms. The summed E-state index contributed by atoms with van der Waals surface area (Å²) in [6.07, 6.45) is 4.94. The van der Waals surface area contributed by atoms with Crippen LogP contribution in [0, 0.1) is 6.92 Å². The molecule has 0 bridgehead atoms. The zero-order valence-corrected chi connectivity index (χ0v) is 16.9. The van der Waals surface area contributed by atoms with Crippen molar-refractivity contribution in [1.82, 2.24) is 5.01 Å². The van der Waals surface area contributed by atoms with Crippen LogP contribution in [-0.2, 0) is 4.74 Å². The van der Waals surface area contributed by atoms with E-state index >= 15 is 0 Å². The van der Waals surface area contributed by atoms with Gasteiger partial charge in [-0.15, -0.1) is 5.11 Å². The Kier molecular flexibility index (Phi) is 7.14. The van der Waals surface area contributed by atoms with Crippen molar-refractivity contribution in [3.8, 4) is 0 Å². The quantitative estimate of drug-likeness (QED) is 0.530. The standard InChI is InChI=1S/C23H27N3O3/c1-3-29-23(28)20-10-12-21(24-25-26-14-4-5-15-26)19(16-20)11-13-22(27)18-8-6-17(2)7-9-18/h6-13,16,22,27H,3-5,14-15H2,1-2H3/b13-11+,25-24?. The summed E-state index contributed by atoms with van der Waals surface area (Å²) >= 11 is 0. The number of carbonyl (C=O) groups is 1. The van der Waals surface area contributed by atoms with Crippen LogP contribution in [0.25, 0.3) is 6.08 Å². The summed E-state index contributed by atoms with van der Waals surface area (Å²) in [5, 5.41) is 21.1. The molecule has 1 fully saturated rings. The van der Waals surface area contributed by atoms with Crippen LogP contribution in [0.3, 0.4) is 0 Å². The van der Waals surface area contributed by atoms with E-state index in [2.05, 4.69) is 10.3 Å². The predicted octanol–water partition coefficient (Wildman–Crippen LogP) is 5.01. The molecule has 2 aromatic carbocycles. The van der Waals surface area contributed by atoms with Gasteiger partial charge in [0.25, 0.3) is 0 Å². The zero-order valence-electron chi connectivity index (χ0n) is 16.9. The van der Waals surface area contributed by atoms with E-state index in [0.717, 1.165) is 37.1 Å². The Morgan fingerprint density at radius 1 is 1.21 bits per heavy atom. The summed E-state index contributed by atoms with van der Waals surface area (Å²) in [4.78, 5) is 12.1. The first-order chi connectivity index (χ1) is 14.1. The minimum absolute atomic E-state index is 0.312. The molecule has 0 saturated carbocycles. The highest BCUT2D eigenvalue weighted by atomic mass is 16.5. The fourth-order valence-electron chi connectivity index (χ4n) is 3.09. The molecule has 1 unspecified atom stereocenters. The molecule has 0 aromatic heterocycles. The summed E-state index contributed by atoms with van der Waals surface area (Å²) in [6, 6.07) is 12.9. The van der Waals surface area contributed by atoms with Crippen LogP contribution in [0.2, 0.25) is 0 Å². The molecule has 0 amide bonds. The highest BCUT2D eigenvalue weighted by Gasteiger charge is 2.12. The van der Waals surface area contributed by atoms with Crippen molar-refractivity contribution in [2.75, 3.05) is 19.7 Å². The topological polar surface area (TPSA) is 74.5 Å². The maximum Gasteiger partial charge on any atom is 0.338 e. The van der Waals surface area contributed by atoms with E-state index in [4.69, 9.17) is 4.74 Å². The van der Waals surface area contributed by atoms with Crippen LogP contribution in [-0.4, -0.2) is 35.8 Å². The molecule has 0 aliphatic carbocycles. The number of ether oxygens (including phenoxy) is 1. The van der Waals surface area contributed by atoms with Crippen molar-refractivity contribution in [1.29, 1.82) is 0 Å². The Morgan fingerprint density at radius 3 is 2.62 bits per heavy atom. The zero-order chi connectivity index (χ0) is 20.6. The van der Waals surface area contributed by atoms with Crippen LogP contribution < -0.4 is 0 Å². The van der Waals surface area contributed by atoms with E-state index in [-0.39, 0.29) is 5.97 Å². The molecule has 1 aliphatic rings. The van der Waals surface area contributed by atoms with E-state index in [9.17, 15) is 9.90 Å². The van der Waals surface area contributed by atoms with Gasteiger partial charge in [0, 0.05) is 18.7 Å². The van der Waals surface area contributed by atoms with E-state index in [1.54, 1.807) is 37.3 Å². The molecule has 1 saturated heterocycles. The normalized spacial score (nSPS) is 15.3. The third-order valence-corrected chi connectivity index (χ3v) is 4.78. The molecule has 6 heteroatoms. The number of hydrogen-bond donors (Lipinski definition) is 1. The molecule has 1 atom stereocenters. The monoisotopic (exact) mass is 393 g/mol. The Balaban J connectivity index is 1.86. The van der Waals surface area contributed by atoms with Crippen LogP contribution in [0.1, 0.15) is 52.9 Å². The predicted molar refractivity (Wildman–Crippen MR) is 113 cm³/mol. The van der Waals surface area contributed by atoms with Crippen molar-refractivity contribution in [2.45, 2.75) is 32.8 Å². The lowest BCUT2D eigenvalue weighted by Crippen LogP contribution is -2.09. The fraction of sp³-hybridized carbons (Fsp3) is 0.348. The second-order valence-electron chi connectivity index (χ2n) is 7.06. The molecule has 1 N–H and O–H groups in total. The van der Waals surface area contributed by atoms with Gasteiger partial charge >= 0.3 is 5.97 Å². The molecule has 3 rings (SSSR count). The number of aliphatic hydroxyl groups is 1. The molecule has 2 aromatic rings. The number of rotatable bonds is 7. The summed E-state index contributed by atoms with van der Waals surface area (Å²) in [5.74, 6) is -0.385. The first kappa shape index (κ1) is 20.7. The van der Waals surface area contributed by atoms with Gasteiger partial charge < -0.3 is 9.84 Å². The van der Waals surface area contributed by atoms with Crippen molar-refractivity contribution in [3.05, 3.63) is 70.8 Å². The van der Waals surface area contributed by atoms with Crippen molar-refractivity contribution in [2.24, 2.45) is 10.3 Å². The maximum atomic E-state index is 12.1. The van der Waals surface area contributed by atoms with Gasteiger partial charge in [0.2, 0.25) is 0 Å². The van der Waals surface area contributed by atoms with Crippen LogP contribution in [0.5, 0.6) is 0 Å². The summed E-state index contributed by atoms with van der Waals surface area (Å²) in [6.45, 7) is 5.90. The Labute approximate surface area is 171 Å². The summed E-state index contributed by atoms with van der Waals surface area (Å²) < 4.78 is 5.10. The summed E-state index contributed by atoms with van der Waals surface area (Å²) in [7, 11) is 0. The van der Waals surface area contributed by atoms with Gasteiger partial charge in [0.15, 0.2) is 0 Å². The molecular formula is C23H27N3O3. The third kappa shape index (κ3) is 5.74. The van der Waals surface area contributed by atoms with E-state index in [0.29, 0.717) is 23.4 Å². The Morgan fingerprint density at radius 2 is 1.93 bits per heavy atom. The number of benzene rings is 2. The molecule has 1 heterocycles. The average Bonchev–Trinajstić information content (AvgIpc) is 3.25. The second-order valence-corrected chi connectivity index (χ2v) is 7.06. The number of aliphatic hydroxyl groups excluding tert-OH is 1. The van der Waals surface area contributed by atoms with Gasteiger partial charge in [0.1, 0.15) is 0 Å². The number of aryl methyl sites for hydroxylation is 1. The number of hydrogen-bond acceptors (Lipinski definition) is 5. The van der Waals surface area contributed by atoms with Gasteiger partial charge in [-0.3, -0.25) is 5.01 Å². The lowest BCUT2D eigenvalue weighted by Gasteiger charge is -2.10. The highest BCUT2D eigenvalue weighted by Crippen LogP contribution is 2.26. The SMILES string of the molecule is CCOC(=O)c1ccc(N=NN2CCCC2)c(/C=C/C(O)c2ccc(C)cc2)c1. The van der Waals surface area contributed by atoms with Crippen molar-refractivity contribution >= 4 is 17.7 Å². The summed E-state index contributed by atoms with van der Waals surface area (Å²) in [5.41, 5.74) is 3.71. The largest absolute Gasteiger partial charge is 0.462 e. The molecule has 0 radical (unpaired) electrons. The lowest BCUT2D eigenvalue weighted by atomic mass is 10.0. The lowest BCUT2D eigenvalue weighted by molar-refractivity contribution is 0.0526. The fourth-order valence-corrected chi connectivity index (χ4v) is 3.09. The van der Waals surface area contributed by atoms with Crippen molar-refractivity contribution in [3.63, 3.8) is 0 Å². The van der Waals surface area contributed by atoms with Gasteiger partial charge in [-0.1, -0.05) is 47.2 Å².